The van der Waals surface area contributed by atoms with Gasteiger partial charge in [-0.05, 0) is 51.9 Å². The summed E-state index contributed by atoms with van der Waals surface area (Å²) in [6, 6.07) is 0. The molecule has 0 spiro atoms. The summed E-state index contributed by atoms with van der Waals surface area (Å²) in [4.78, 5) is 22.8. The lowest BCUT2D eigenvalue weighted by molar-refractivity contribution is 0.0694. The Balaban J connectivity index is 3.97. The lowest BCUT2D eigenvalue weighted by Crippen LogP contribution is -2.21. The van der Waals surface area contributed by atoms with Crippen molar-refractivity contribution >= 4 is 27.9 Å². The number of rotatable bonds is 2. The first-order valence-electron chi connectivity index (χ1n) is 5.79. The van der Waals surface area contributed by atoms with Gasteiger partial charge in [-0.25, -0.2) is 9.59 Å². The Morgan fingerprint density at radius 3 is 1.47 bits per heavy atom. The molecule has 5 heteroatoms. The van der Waals surface area contributed by atoms with Crippen LogP contribution in [-0.4, -0.2) is 22.2 Å². The quantitative estimate of drug-likeness (QED) is 0.866. The largest absolute Gasteiger partial charge is 0.478 e. The molecule has 0 saturated carbocycles. The van der Waals surface area contributed by atoms with Crippen LogP contribution in [0.5, 0.6) is 0 Å². The minimum absolute atomic E-state index is 0.0212. The predicted octanol–water partition coefficient (Wildman–Crippen LogP) is 3.76. The first-order chi connectivity index (χ1) is 8.50. The van der Waals surface area contributed by atoms with E-state index < -0.39 is 11.9 Å². The number of carboxylic acids is 2. The highest BCUT2D eigenvalue weighted by Gasteiger charge is 2.30. The standard InChI is InChI=1S/C14H17BrO4/c1-6-8(12(16)17)11(15)9(13(18)19)7(2)10(6)14(3,4)5/h1-5H3,(H,16,17)(H,18,19). The molecule has 0 atom stereocenters. The van der Waals surface area contributed by atoms with Gasteiger partial charge in [0.15, 0.2) is 0 Å². The number of hydrogen-bond acceptors (Lipinski definition) is 2. The lowest BCUT2D eigenvalue weighted by Gasteiger charge is -2.27. The third-order valence-electron chi connectivity index (χ3n) is 3.12. The molecule has 0 aliphatic rings. The fourth-order valence-electron chi connectivity index (χ4n) is 2.62. The van der Waals surface area contributed by atoms with Crippen LogP contribution in [0, 0.1) is 13.8 Å². The Labute approximate surface area is 120 Å². The zero-order valence-corrected chi connectivity index (χ0v) is 13.2. The summed E-state index contributed by atoms with van der Waals surface area (Å²) >= 11 is 3.12. The second-order valence-corrected chi connectivity index (χ2v) is 6.34. The number of halogens is 1. The SMILES string of the molecule is Cc1c(C(=O)O)c(Br)c(C(=O)O)c(C)c1C(C)(C)C. The van der Waals surface area contributed by atoms with Crippen molar-refractivity contribution in [1.82, 2.24) is 0 Å². The molecule has 0 unspecified atom stereocenters. The van der Waals surface area contributed by atoms with E-state index in [0.29, 0.717) is 11.1 Å². The van der Waals surface area contributed by atoms with Gasteiger partial charge in [-0.2, -0.15) is 0 Å². The van der Waals surface area contributed by atoms with Gasteiger partial charge in [-0.3, -0.25) is 0 Å². The van der Waals surface area contributed by atoms with E-state index in [9.17, 15) is 19.8 Å². The Hall–Kier alpha value is -1.36. The third-order valence-corrected chi connectivity index (χ3v) is 3.91. The van der Waals surface area contributed by atoms with Crippen LogP contribution >= 0.6 is 15.9 Å². The van der Waals surface area contributed by atoms with Crippen LogP contribution < -0.4 is 0 Å². The van der Waals surface area contributed by atoms with Crippen molar-refractivity contribution in [3.8, 4) is 0 Å². The second kappa shape index (κ2) is 4.96. The molecule has 1 rings (SSSR count). The molecular formula is C14H17BrO4. The Morgan fingerprint density at radius 1 is 0.947 bits per heavy atom. The third kappa shape index (κ3) is 2.66. The van der Waals surface area contributed by atoms with Crippen LogP contribution in [0.2, 0.25) is 0 Å². The molecule has 0 radical (unpaired) electrons. The zero-order chi connectivity index (χ0) is 15.1. The van der Waals surface area contributed by atoms with Crippen molar-refractivity contribution in [3.05, 3.63) is 32.3 Å². The van der Waals surface area contributed by atoms with Crippen LogP contribution in [0.25, 0.3) is 0 Å². The van der Waals surface area contributed by atoms with E-state index in [1.807, 2.05) is 20.8 Å². The van der Waals surface area contributed by atoms with E-state index in [2.05, 4.69) is 15.9 Å². The molecule has 19 heavy (non-hydrogen) atoms. The molecule has 4 nitrogen and oxygen atoms in total. The summed E-state index contributed by atoms with van der Waals surface area (Å²) in [6.45, 7) is 9.25. The van der Waals surface area contributed by atoms with Gasteiger partial charge in [-0.15, -0.1) is 0 Å². The van der Waals surface area contributed by atoms with Gasteiger partial charge in [0.2, 0.25) is 0 Å². The maximum atomic E-state index is 11.4. The summed E-state index contributed by atoms with van der Waals surface area (Å²) in [5, 5.41) is 18.6. The van der Waals surface area contributed by atoms with E-state index in [0.717, 1.165) is 5.56 Å². The average molecular weight is 329 g/mol. The Morgan fingerprint density at radius 2 is 1.26 bits per heavy atom. The van der Waals surface area contributed by atoms with Gasteiger partial charge in [0.1, 0.15) is 0 Å². The highest BCUT2D eigenvalue weighted by molar-refractivity contribution is 9.10. The van der Waals surface area contributed by atoms with Gasteiger partial charge in [-0.1, -0.05) is 20.8 Å². The average Bonchev–Trinajstić information content (AvgIpc) is 2.12. The number of aromatic carboxylic acids is 2. The molecule has 0 heterocycles. The highest BCUT2D eigenvalue weighted by atomic mass is 79.9. The molecule has 0 aliphatic heterocycles. The molecule has 2 N–H and O–H groups in total. The van der Waals surface area contributed by atoms with E-state index in [1.165, 1.54) is 0 Å². The van der Waals surface area contributed by atoms with Crippen molar-refractivity contribution in [1.29, 1.82) is 0 Å². The molecule has 0 saturated heterocycles. The highest BCUT2D eigenvalue weighted by Crippen LogP contribution is 2.37. The summed E-state index contributed by atoms with van der Waals surface area (Å²) in [6.07, 6.45) is 0. The molecule has 0 aliphatic carbocycles. The fourth-order valence-corrected chi connectivity index (χ4v) is 3.55. The predicted molar refractivity (Wildman–Crippen MR) is 76.2 cm³/mol. The number of hydrogen-bond donors (Lipinski definition) is 2. The van der Waals surface area contributed by atoms with Crippen LogP contribution in [0.1, 0.15) is 58.2 Å². The maximum Gasteiger partial charge on any atom is 0.337 e. The molecule has 0 bridgehead atoms. The number of benzene rings is 1. The molecule has 0 aromatic heterocycles. The van der Waals surface area contributed by atoms with Gasteiger partial charge < -0.3 is 10.2 Å². The van der Waals surface area contributed by atoms with Gasteiger partial charge in [0.05, 0.1) is 11.1 Å². The van der Waals surface area contributed by atoms with E-state index in [4.69, 9.17) is 0 Å². The normalized spacial score (nSPS) is 11.5. The van der Waals surface area contributed by atoms with Crippen LogP contribution in [0.3, 0.4) is 0 Å². The van der Waals surface area contributed by atoms with Gasteiger partial charge in [0, 0.05) is 4.47 Å². The van der Waals surface area contributed by atoms with Crippen molar-refractivity contribution in [3.63, 3.8) is 0 Å². The van der Waals surface area contributed by atoms with Crippen molar-refractivity contribution < 1.29 is 19.8 Å². The maximum absolute atomic E-state index is 11.4. The van der Waals surface area contributed by atoms with Gasteiger partial charge >= 0.3 is 11.9 Å². The number of carbonyl (C=O) groups is 2. The smallest absolute Gasteiger partial charge is 0.337 e. The van der Waals surface area contributed by atoms with Crippen molar-refractivity contribution in [2.24, 2.45) is 0 Å². The van der Waals surface area contributed by atoms with Crippen molar-refractivity contribution in [2.75, 3.05) is 0 Å². The van der Waals surface area contributed by atoms with E-state index >= 15 is 0 Å². The fraction of sp³-hybridized carbons (Fsp3) is 0.429. The molecule has 0 amide bonds. The molecule has 1 aromatic carbocycles. The van der Waals surface area contributed by atoms with Gasteiger partial charge in [0.25, 0.3) is 0 Å². The molecule has 0 fully saturated rings. The van der Waals surface area contributed by atoms with E-state index in [-0.39, 0.29) is 21.0 Å². The summed E-state index contributed by atoms with van der Waals surface area (Å²) in [7, 11) is 0. The minimum atomic E-state index is -1.13. The van der Waals surface area contributed by atoms with Crippen molar-refractivity contribution in [2.45, 2.75) is 40.0 Å². The summed E-state index contributed by atoms with van der Waals surface area (Å²) in [5.41, 5.74) is 1.69. The van der Waals surface area contributed by atoms with Crippen LogP contribution in [-0.2, 0) is 5.41 Å². The summed E-state index contributed by atoms with van der Waals surface area (Å²) < 4.78 is 0.135. The Bertz CT molecular complexity index is 527. The van der Waals surface area contributed by atoms with Crippen LogP contribution in [0.4, 0.5) is 0 Å². The topological polar surface area (TPSA) is 74.6 Å². The Kier molecular flexibility index (Phi) is 4.10. The number of carboxylic acid groups (broad SMARTS) is 2. The molecule has 104 valence electrons. The second-order valence-electron chi connectivity index (χ2n) is 5.55. The van der Waals surface area contributed by atoms with E-state index in [1.54, 1.807) is 13.8 Å². The van der Waals surface area contributed by atoms with Crippen LogP contribution in [0.15, 0.2) is 4.47 Å². The molecular weight excluding hydrogens is 312 g/mol. The minimum Gasteiger partial charge on any atom is -0.478 e. The zero-order valence-electron chi connectivity index (χ0n) is 11.6. The first-order valence-corrected chi connectivity index (χ1v) is 6.59. The first kappa shape index (κ1) is 15.7. The molecule has 1 aromatic rings. The monoisotopic (exact) mass is 328 g/mol. The summed E-state index contributed by atoms with van der Waals surface area (Å²) in [5.74, 6) is -2.25. The lowest BCUT2D eigenvalue weighted by atomic mass is 9.78.